The number of fused-ring (bicyclic) bond motifs is 3. The van der Waals surface area contributed by atoms with Crippen molar-refractivity contribution in [3.63, 3.8) is 0 Å². The van der Waals surface area contributed by atoms with Gasteiger partial charge in [0.05, 0.1) is 50.3 Å². The Balaban J connectivity index is 0.895. The van der Waals surface area contributed by atoms with Crippen molar-refractivity contribution in [3.05, 3.63) is 216 Å². The second-order valence-corrected chi connectivity index (χ2v) is 15.1. The molecular weight excluding hydrogens is 844 g/mol. The fourth-order valence-corrected chi connectivity index (χ4v) is 7.33. The molecule has 9 nitrogen and oxygen atoms in total. The third-order valence-electron chi connectivity index (χ3n) is 10.7. The van der Waals surface area contributed by atoms with Gasteiger partial charge in [0.1, 0.15) is 34.7 Å². The van der Waals surface area contributed by atoms with Gasteiger partial charge < -0.3 is 14.2 Å². The summed E-state index contributed by atoms with van der Waals surface area (Å²) in [7, 11) is 0. The number of carbonyl (C=O) groups is 3. The number of halogens is 3. The lowest BCUT2D eigenvalue weighted by molar-refractivity contribution is 0.0734. The molecule has 0 N–H and O–H groups in total. The van der Waals surface area contributed by atoms with E-state index >= 15 is 0 Å². The maximum Gasteiger partial charge on any atom is 0.343 e. The van der Waals surface area contributed by atoms with E-state index in [9.17, 15) is 27.6 Å². The van der Waals surface area contributed by atoms with E-state index in [1.165, 1.54) is 54.6 Å². The zero-order valence-corrected chi connectivity index (χ0v) is 34.2. The van der Waals surface area contributed by atoms with Gasteiger partial charge in [0, 0.05) is 32.8 Å². The van der Waals surface area contributed by atoms with Gasteiger partial charge in [0.15, 0.2) is 0 Å². The van der Waals surface area contributed by atoms with Crippen LogP contribution in [0.15, 0.2) is 182 Å². The topological polar surface area (TPSA) is 118 Å². The van der Waals surface area contributed by atoms with Gasteiger partial charge in [-0.2, -0.15) is 0 Å². The van der Waals surface area contributed by atoms with Gasteiger partial charge in [-0.3, -0.25) is 0 Å². The Bertz CT molecular complexity index is 3160. The summed E-state index contributed by atoms with van der Waals surface area (Å²) in [4.78, 5) is 55.0. The van der Waals surface area contributed by atoms with E-state index in [1.54, 1.807) is 127 Å². The highest BCUT2D eigenvalue weighted by atomic mass is 19.1. The molecule has 318 valence electrons. The molecule has 7 aromatic carbocycles. The minimum absolute atomic E-state index is 0.140. The average Bonchev–Trinajstić information content (AvgIpc) is 3.34. The van der Waals surface area contributed by atoms with Crippen LogP contribution in [0.2, 0.25) is 0 Å². The monoisotopic (exact) mass is 873 g/mol. The number of esters is 3. The molecule has 3 aromatic heterocycles. The zero-order valence-electron chi connectivity index (χ0n) is 34.2. The van der Waals surface area contributed by atoms with Crippen molar-refractivity contribution in [3.8, 4) is 51.0 Å². The quantitative estimate of drug-likeness (QED) is 0.103. The van der Waals surface area contributed by atoms with Gasteiger partial charge >= 0.3 is 17.9 Å². The van der Waals surface area contributed by atoms with Crippen LogP contribution in [0.25, 0.3) is 66.5 Å². The molecule has 10 aromatic rings. The largest absolute Gasteiger partial charge is 0.423 e. The molecule has 0 aliphatic heterocycles. The van der Waals surface area contributed by atoms with Gasteiger partial charge in [-0.15, -0.1) is 0 Å². The second kappa shape index (κ2) is 17.3. The summed E-state index contributed by atoms with van der Waals surface area (Å²) in [5.74, 6) is -3.19. The van der Waals surface area contributed by atoms with E-state index in [1.807, 2.05) is 0 Å². The predicted molar refractivity (Wildman–Crippen MR) is 243 cm³/mol. The summed E-state index contributed by atoms with van der Waals surface area (Å²) in [6, 6.07) is 47.1. The summed E-state index contributed by atoms with van der Waals surface area (Å²) in [5, 5.41) is 1.96. The minimum Gasteiger partial charge on any atom is -0.423 e. The van der Waals surface area contributed by atoms with Crippen molar-refractivity contribution in [2.45, 2.75) is 0 Å². The lowest BCUT2D eigenvalue weighted by Crippen LogP contribution is -2.16. The van der Waals surface area contributed by atoms with E-state index in [2.05, 4.69) is 15.0 Å². The molecule has 0 aliphatic carbocycles. The van der Waals surface area contributed by atoms with Crippen LogP contribution in [0.4, 0.5) is 13.2 Å². The molecule has 0 bridgehead atoms. The van der Waals surface area contributed by atoms with Crippen LogP contribution in [0, 0.1) is 17.5 Å². The Morgan fingerprint density at radius 3 is 0.864 bits per heavy atom. The van der Waals surface area contributed by atoms with E-state index in [0.29, 0.717) is 66.5 Å². The zero-order chi connectivity index (χ0) is 45.3. The standard InChI is InChI=1S/C54H30F3N3O6/c55-40-10-22-49-34(28-40)7-19-46(58-49)31-1-13-43(14-2-31)64-52(61)37-25-38(53(62)65-44-15-3-32(4-16-44)47-20-8-35-29-41(56)11-23-50(35)59-47)27-39(26-37)54(63)66-45-17-5-33(6-18-45)48-21-9-36-30-42(57)12-24-51(36)60-48/h1-30H. The first kappa shape index (κ1) is 41.0. The maximum absolute atomic E-state index is 13.7. The number of ether oxygens (including phenoxy) is 3. The first-order valence-corrected chi connectivity index (χ1v) is 20.4. The summed E-state index contributed by atoms with van der Waals surface area (Å²) in [5.41, 5.74) is 5.43. The number of aromatic nitrogens is 3. The molecule has 0 amide bonds. The molecule has 0 unspecified atom stereocenters. The smallest absolute Gasteiger partial charge is 0.343 e. The van der Waals surface area contributed by atoms with Crippen LogP contribution >= 0.6 is 0 Å². The predicted octanol–water partition coefficient (Wildman–Crippen LogP) is 12.4. The van der Waals surface area contributed by atoms with E-state index in [4.69, 9.17) is 14.2 Å². The number of nitrogens with zero attached hydrogens (tertiary/aromatic N) is 3. The molecule has 0 spiro atoms. The van der Waals surface area contributed by atoms with E-state index < -0.39 is 17.9 Å². The molecule has 10 rings (SSSR count). The Kier molecular flexibility index (Phi) is 10.7. The Labute approximate surface area is 373 Å². The number of rotatable bonds is 9. The van der Waals surface area contributed by atoms with E-state index in [0.717, 1.165) is 0 Å². The van der Waals surface area contributed by atoms with Crippen LogP contribution in [0.1, 0.15) is 31.1 Å². The molecular formula is C54H30F3N3O6. The summed E-state index contributed by atoms with van der Waals surface area (Å²) >= 11 is 0. The third kappa shape index (κ3) is 8.79. The van der Waals surface area contributed by atoms with Gasteiger partial charge in [0.25, 0.3) is 0 Å². The summed E-state index contributed by atoms with van der Waals surface area (Å²) in [6.45, 7) is 0. The summed E-state index contributed by atoms with van der Waals surface area (Å²) < 4.78 is 58.2. The first-order chi connectivity index (χ1) is 32.1. The van der Waals surface area contributed by atoms with E-state index in [-0.39, 0.29) is 51.4 Å². The lowest BCUT2D eigenvalue weighted by atomic mass is 10.1. The fraction of sp³-hybridized carbons (Fsp3) is 0. The Morgan fingerprint density at radius 2 is 0.591 bits per heavy atom. The molecule has 0 saturated heterocycles. The third-order valence-corrected chi connectivity index (χ3v) is 10.7. The molecule has 0 saturated carbocycles. The molecule has 0 fully saturated rings. The Hall–Kier alpha value is -9.03. The average molecular weight is 874 g/mol. The van der Waals surface area contributed by atoms with Crippen molar-refractivity contribution in [1.82, 2.24) is 15.0 Å². The van der Waals surface area contributed by atoms with Crippen LogP contribution in [-0.2, 0) is 0 Å². The highest BCUT2D eigenvalue weighted by Crippen LogP contribution is 2.29. The number of pyridine rings is 3. The fourth-order valence-electron chi connectivity index (χ4n) is 7.33. The maximum atomic E-state index is 13.7. The van der Waals surface area contributed by atoms with Gasteiger partial charge in [-0.1, -0.05) is 18.2 Å². The number of benzene rings is 7. The van der Waals surface area contributed by atoms with Crippen molar-refractivity contribution in [1.29, 1.82) is 0 Å². The van der Waals surface area contributed by atoms with Crippen LogP contribution in [0.3, 0.4) is 0 Å². The minimum atomic E-state index is -0.873. The first-order valence-electron chi connectivity index (χ1n) is 20.4. The van der Waals surface area contributed by atoms with Crippen LogP contribution in [-0.4, -0.2) is 32.9 Å². The number of hydrogen-bond acceptors (Lipinski definition) is 9. The second-order valence-electron chi connectivity index (χ2n) is 15.1. The Morgan fingerprint density at radius 1 is 0.318 bits per heavy atom. The summed E-state index contributed by atoms with van der Waals surface area (Å²) in [6.07, 6.45) is 0. The number of carbonyl (C=O) groups excluding carboxylic acids is 3. The molecule has 66 heavy (non-hydrogen) atoms. The van der Waals surface area contributed by atoms with Crippen LogP contribution in [0.5, 0.6) is 17.2 Å². The van der Waals surface area contributed by atoms with Gasteiger partial charge in [0.2, 0.25) is 0 Å². The highest BCUT2D eigenvalue weighted by molar-refractivity contribution is 6.02. The van der Waals surface area contributed by atoms with Crippen LogP contribution < -0.4 is 14.2 Å². The van der Waals surface area contributed by atoms with Crippen molar-refractivity contribution in [2.24, 2.45) is 0 Å². The van der Waals surface area contributed by atoms with Crippen molar-refractivity contribution >= 4 is 50.6 Å². The molecule has 12 heteroatoms. The molecule has 3 heterocycles. The lowest BCUT2D eigenvalue weighted by Gasteiger charge is -2.11. The van der Waals surface area contributed by atoms with Crippen molar-refractivity contribution in [2.75, 3.05) is 0 Å². The SMILES string of the molecule is O=C(Oc1ccc(-c2ccc3cc(F)ccc3n2)cc1)c1cc(C(=O)Oc2ccc(-c3ccc4cc(F)ccc4n3)cc2)cc(C(=O)Oc2ccc(-c3ccc4cc(F)ccc4n3)cc2)c1. The molecule has 0 atom stereocenters. The number of hydrogen-bond donors (Lipinski definition) is 0. The molecule has 0 radical (unpaired) electrons. The highest BCUT2D eigenvalue weighted by Gasteiger charge is 2.21. The molecule has 0 aliphatic rings. The van der Waals surface area contributed by atoms with Crippen molar-refractivity contribution < 1.29 is 41.8 Å². The van der Waals surface area contributed by atoms with Gasteiger partial charge in [-0.25, -0.2) is 42.5 Å². The van der Waals surface area contributed by atoms with Gasteiger partial charge in [-0.05, 0) is 164 Å². The normalized spacial score (nSPS) is 11.1.